The van der Waals surface area contributed by atoms with Crippen molar-refractivity contribution in [3.63, 3.8) is 0 Å². The van der Waals surface area contributed by atoms with Gasteiger partial charge in [-0.25, -0.2) is 13.1 Å². The van der Waals surface area contributed by atoms with E-state index in [4.69, 9.17) is 0 Å². The van der Waals surface area contributed by atoms with Crippen molar-refractivity contribution in [2.75, 3.05) is 18.8 Å². The zero-order valence-corrected chi connectivity index (χ0v) is 13.4. The Hall–Kier alpha value is -0.130. The Labute approximate surface area is 118 Å². The maximum absolute atomic E-state index is 12.0. The molecule has 1 saturated heterocycles. The fraction of sp³-hybridized carbons (Fsp3) is 1.00. The normalized spacial score (nSPS) is 21.2. The number of rotatable bonds is 8. The molecule has 1 heterocycles. The van der Waals surface area contributed by atoms with E-state index < -0.39 is 10.0 Å². The van der Waals surface area contributed by atoms with E-state index >= 15 is 0 Å². The monoisotopic (exact) mass is 290 g/mol. The fourth-order valence-electron chi connectivity index (χ4n) is 2.68. The first-order chi connectivity index (χ1) is 8.93. The molecule has 0 saturated carbocycles. The average Bonchev–Trinajstić information content (AvgIpc) is 2.37. The third kappa shape index (κ3) is 7.28. The van der Waals surface area contributed by atoms with Crippen molar-refractivity contribution in [2.45, 2.75) is 58.9 Å². The first-order valence-corrected chi connectivity index (χ1v) is 9.29. The van der Waals surface area contributed by atoms with Crippen LogP contribution < -0.4 is 10.0 Å². The lowest BCUT2D eigenvalue weighted by Gasteiger charge is -2.23. The molecule has 5 heteroatoms. The molecule has 19 heavy (non-hydrogen) atoms. The van der Waals surface area contributed by atoms with Crippen LogP contribution in [0.15, 0.2) is 0 Å². The summed E-state index contributed by atoms with van der Waals surface area (Å²) in [5.41, 5.74) is 0. The summed E-state index contributed by atoms with van der Waals surface area (Å²) in [5.74, 6) is 1.42. The van der Waals surface area contributed by atoms with Crippen molar-refractivity contribution >= 4 is 10.0 Å². The molecule has 2 unspecified atom stereocenters. The molecular formula is C14H30N2O2S. The first-order valence-electron chi connectivity index (χ1n) is 7.63. The number of piperidine rings is 1. The predicted molar refractivity (Wildman–Crippen MR) is 80.7 cm³/mol. The number of hydrogen-bond donors (Lipinski definition) is 2. The van der Waals surface area contributed by atoms with Crippen LogP contribution in [0, 0.1) is 11.8 Å². The first kappa shape index (κ1) is 16.9. The van der Waals surface area contributed by atoms with Gasteiger partial charge < -0.3 is 5.32 Å². The van der Waals surface area contributed by atoms with Crippen LogP contribution in [0.5, 0.6) is 0 Å². The molecule has 1 aliphatic rings. The Morgan fingerprint density at radius 3 is 2.47 bits per heavy atom. The van der Waals surface area contributed by atoms with Crippen LogP contribution in [0.2, 0.25) is 0 Å². The maximum atomic E-state index is 12.0. The van der Waals surface area contributed by atoms with Gasteiger partial charge in [0.1, 0.15) is 0 Å². The molecule has 2 atom stereocenters. The summed E-state index contributed by atoms with van der Waals surface area (Å²) >= 11 is 0. The Morgan fingerprint density at radius 1 is 1.26 bits per heavy atom. The second kappa shape index (κ2) is 8.22. The molecule has 0 aromatic heterocycles. The van der Waals surface area contributed by atoms with E-state index in [-0.39, 0.29) is 11.8 Å². The predicted octanol–water partition coefficient (Wildman–Crippen LogP) is 2.12. The van der Waals surface area contributed by atoms with Gasteiger partial charge in [0.05, 0.1) is 5.75 Å². The molecule has 1 fully saturated rings. The van der Waals surface area contributed by atoms with Crippen LogP contribution in [-0.2, 0) is 10.0 Å². The summed E-state index contributed by atoms with van der Waals surface area (Å²) in [5, 5.41) is 3.31. The number of hydrogen-bond acceptors (Lipinski definition) is 3. The van der Waals surface area contributed by atoms with Gasteiger partial charge in [-0.3, -0.25) is 0 Å². The zero-order chi connectivity index (χ0) is 14.3. The highest BCUT2D eigenvalue weighted by molar-refractivity contribution is 7.89. The van der Waals surface area contributed by atoms with E-state index in [1.807, 2.05) is 6.92 Å². The van der Waals surface area contributed by atoms with Crippen molar-refractivity contribution in [3.05, 3.63) is 0 Å². The van der Waals surface area contributed by atoms with Gasteiger partial charge in [0.2, 0.25) is 10.0 Å². The molecule has 0 aliphatic carbocycles. The van der Waals surface area contributed by atoms with Crippen LogP contribution in [0.25, 0.3) is 0 Å². The minimum atomic E-state index is -3.10. The average molecular weight is 290 g/mol. The topological polar surface area (TPSA) is 58.2 Å². The van der Waals surface area contributed by atoms with Crippen LogP contribution >= 0.6 is 0 Å². The molecule has 4 nitrogen and oxygen atoms in total. The highest BCUT2D eigenvalue weighted by Crippen LogP contribution is 2.17. The maximum Gasteiger partial charge on any atom is 0.211 e. The number of sulfonamides is 1. The van der Waals surface area contributed by atoms with Crippen LogP contribution in [0.3, 0.4) is 0 Å². The second-order valence-corrected chi connectivity index (χ2v) is 7.94. The molecular weight excluding hydrogens is 260 g/mol. The van der Waals surface area contributed by atoms with Gasteiger partial charge in [0, 0.05) is 6.04 Å². The second-order valence-electron chi connectivity index (χ2n) is 6.07. The van der Waals surface area contributed by atoms with Gasteiger partial charge in [0.25, 0.3) is 0 Å². The van der Waals surface area contributed by atoms with Crippen molar-refractivity contribution in [3.8, 4) is 0 Å². The van der Waals surface area contributed by atoms with Crippen molar-refractivity contribution in [1.82, 2.24) is 10.0 Å². The van der Waals surface area contributed by atoms with Gasteiger partial charge in [-0.15, -0.1) is 0 Å². The Morgan fingerprint density at radius 2 is 1.89 bits per heavy atom. The van der Waals surface area contributed by atoms with Gasteiger partial charge in [0.15, 0.2) is 0 Å². The molecule has 114 valence electrons. The smallest absolute Gasteiger partial charge is 0.211 e. The third-order valence-electron chi connectivity index (χ3n) is 4.09. The van der Waals surface area contributed by atoms with E-state index in [0.29, 0.717) is 11.8 Å². The zero-order valence-electron chi connectivity index (χ0n) is 12.6. The molecule has 0 radical (unpaired) electrons. The standard InChI is InChI=1S/C14H30N2O2S/c1-4-12(2)11-13(3)16-19(17,18)10-7-14-5-8-15-9-6-14/h12-16H,4-11H2,1-3H3. The van der Waals surface area contributed by atoms with E-state index in [1.54, 1.807) is 0 Å². The van der Waals surface area contributed by atoms with E-state index in [1.165, 1.54) is 0 Å². The summed E-state index contributed by atoms with van der Waals surface area (Å²) in [7, 11) is -3.10. The lowest BCUT2D eigenvalue weighted by Crippen LogP contribution is -2.36. The lowest BCUT2D eigenvalue weighted by atomic mass is 9.96. The summed E-state index contributed by atoms with van der Waals surface area (Å²) < 4.78 is 26.9. The Bertz CT molecular complexity index is 337. The molecule has 2 N–H and O–H groups in total. The third-order valence-corrected chi connectivity index (χ3v) is 5.62. The van der Waals surface area contributed by atoms with E-state index in [2.05, 4.69) is 23.9 Å². The molecule has 1 rings (SSSR count). The van der Waals surface area contributed by atoms with Crippen molar-refractivity contribution < 1.29 is 8.42 Å². The molecule has 0 bridgehead atoms. The van der Waals surface area contributed by atoms with Gasteiger partial charge in [-0.2, -0.15) is 0 Å². The minimum absolute atomic E-state index is 0.0490. The summed E-state index contributed by atoms with van der Waals surface area (Å²) in [6, 6.07) is 0.0490. The highest BCUT2D eigenvalue weighted by atomic mass is 32.2. The van der Waals surface area contributed by atoms with Crippen molar-refractivity contribution in [1.29, 1.82) is 0 Å². The quantitative estimate of drug-likeness (QED) is 0.720. The fourth-order valence-corrected chi connectivity index (χ4v) is 4.15. The summed E-state index contributed by atoms with van der Waals surface area (Å²) in [4.78, 5) is 0. The van der Waals surface area contributed by atoms with Gasteiger partial charge in [-0.1, -0.05) is 20.3 Å². The Kier molecular flexibility index (Phi) is 7.32. The number of nitrogens with one attached hydrogen (secondary N) is 2. The van der Waals surface area contributed by atoms with E-state index in [9.17, 15) is 8.42 Å². The van der Waals surface area contributed by atoms with Crippen LogP contribution in [0.4, 0.5) is 0 Å². The largest absolute Gasteiger partial charge is 0.317 e. The van der Waals surface area contributed by atoms with Crippen LogP contribution in [-0.4, -0.2) is 33.3 Å². The molecule has 1 aliphatic heterocycles. The molecule has 0 amide bonds. The van der Waals surface area contributed by atoms with Crippen LogP contribution in [0.1, 0.15) is 52.9 Å². The van der Waals surface area contributed by atoms with Crippen molar-refractivity contribution in [2.24, 2.45) is 11.8 Å². The van der Waals surface area contributed by atoms with E-state index in [0.717, 1.165) is 45.2 Å². The molecule has 0 aromatic carbocycles. The lowest BCUT2D eigenvalue weighted by molar-refractivity contribution is 0.364. The van der Waals surface area contributed by atoms with Gasteiger partial charge >= 0.3 is 0 Å². The Balaban J connectivity index is 2.30. The highest BCUT2D eigenvalue weighted by Gasteiger charge is 2.19. The summed E-state index contributed by atoms with van der Waals surface area (Å²) in [6.07, 6.45) is 5.03. The SMILES string of the molecule is CCC(C)CC(C)NS(=O)(=O)CCC1CCNCC1. The van der Waals surface area contributed by atoms with Gasteiger partial charge in [-0.05, 0) is 57.5 Å². The minimum Gasteiger partial charge on any atom is -0.317 e. The molecule has 0 aromatic rings. The molecule has 0 spiro atoms. The summed E-state index contributed by atoms with van der Waals surface area (Å²) in [6.45, 7) is 8.34.